The average Bonchev–Trinajstić information content (AvgIpc) is 2.76. The van der Waals surface area contributed by atoms with Gasteiger partial charge in [-0.15, -0.1) is 11.3 Å². The van der Waals surface area contributed by atoms with E-state index in [0.29, 0.717) is 6.42 Å². The molecule has 0 N–H and O–H groups in total. The lowest BCUT2D eigenvalue weighted by atomic mass is 10.2. The van der Waals surface area contributed by atoms with Gasteiger partial charge in [0, 0.05) is 0 Å². The summed E-state index contributed by atoms with van der Waals surface area (Å²) in [6, 6.07) is 6.01. The van der Waals surface area contributed by atoms with Gasteiger partial charge >= 0.3 is 5.97 Å². The average molecular weight is 233 g/mol. The maximum atomic E-state index is 10.9. The zero-order chi connectivity index (χ0) is 11.4. The summed E-state index contributed by atoms with van der Waals surface area (Å²) in [6.45, 7) is 0. The van der Waals surface area contributed by atoms with Gasteiger partial charge in [0.15, 0.2) is 0 Å². The van der Waals surface area contributed by atoms with Crippen molar-refractivity contribution in [3.05, 3.63) is 35.3 Å². The number of fused-ring (bicyclic) bond motifs is 1. The number of rotatable bonds is 3. The fourth-order valence-electron chi connectivity index (χ4n) is 1.35. The first kappa shape index (κ1) is 10.8. The highest BCUT2D eigenvalue weighted by Gasteiger charge is 1.97. The molecule has 0 aliphatic heterocycles. The molecule has 0 saturated heterocycles. The van der Waals surface area contributed by atoms with Crippen LogP contribution in [-0.4, -0.2) is 18.1 Å². The molecule has 0 radical (unpaired) electrons. The quantitative estimate of drug-likeness (QED) is 0.765. The van der Waals surface area contributed by atoms with Crippen LogP contribution in [0.25, 0.3) is 16.3 Å². The molecule has 0 aliphatic carbocycles. The monoisotopic (exact) mass is 233 g/mol. The van der Waals surface area contributed by atoms with E-state index < -0.39 is 0 Å². The van der Waals surface area contributed by atoms with E-state index >= 15 is 0 Å². The van der Waals surface area contributed by atoms with Crippen molar-refractivity contribution in [3.63, 3.8) is 0 Å². The Balaban J connectivity index is 2.11. The standard InChI is InChI=1S/C12H11NO2S/c1-15-12(14)4-2-3-9-5-6-10-11(7-9)16-8-13-10/h2-3,5-8H,4H2,1H3. The number of hydrogen-bond acceptors (Lipinski definition) is 4. The second-order valence-corrected chi connectivity index (χ2v) is 4.15. The molecule has 0 spiro atoms. The van der Waals surface area contributed by atoms with Crippen LogP contribution in [0.5, 0.6) is 0 Å². The van der Waals surface area contributed by atoms with Crippen LogP contribution in [0.2, 0.25) is 0 Å². The molecule has 2 rings (SSSR count). The van der Waals surface area contributed by atoms with Crippen molar-refractivity contribution in [2.24, 2.45) is 0 Å². The molecule has 2 aromatic rings. The molecule has 1 heterocycles. The van der Waals surface area contributed by atoms with Gasteiger partial charge in [0.1, 0.15) is 0 Å². The Kier molecular flexibility index (Phi) is 3.31. The molecule has 4 heteroatoms. The van der Waals surface area contributed by atoms with Gasteiger partial charge in [-0.3, -0.25) is 4.79 Å². The van der Waals surface area contributed by atoms with Crippen molar-refractivity contribution in [1.29, 1.82) is 0 Å². The van der Waals surface area contributed by atoms with Gasteiger partial charge in [-0.1, -0.05) is 18.2 Å². The zero-order valence-corrected chi connectivity index (χ0v) is 9.66. The number of esters is 1. The topological polar surface area (TPSA) is 39.2 Å². The number of nitrogens with zero attached hydrogens (tertiary/aromatic N) is 1. The summed E-state index contributed by atoms with van der Waals surface area (Å²) in [5.41, 5.74) is 3.91. The fraction of sp³-hybridized carbons (Fsp3) is 0.167. The summed E-state index contributed by atoms with van der Waals surface area (Å²) in [5, 5.41) is 0. The predicted molar refractivity (Wildman–Crippen MR) is 65.3 cm³/mol. The lowest BCUT2D eigenvalue weighted by Crippen LogP contribution is -1.96. The third kappa shape index (κ3) is 2.46. The number of benzene rings is 1. The molecule has 0 fully saturated rings. The van der Waals surface area contributed by atoms with Gasteiger partial charge in [0.2, 0.25) is 0 Å². The molecule has 0 atom stereocenters. The third-order valence-electron chi connectivity index (χ3n) is 2.18. The van der Waals surface area contributed by atoms with Gasteiger partial charge < -0.3 is 4.74 Å². The van der Waals surface area contributed by atoms with Gasteiger partial charge in [-0.05, 0) is 17.7 Å². The predicted octanol–water partition coefficient (Wildman–Crippen LogP) is 2.87. The van der Waals surface area contributed by atoms with Crippen LogP contribution in [0, 0.1) is 0 Å². The number of hydrogen-bond donors (Lipinski definition) is 0. The summed E-state index contributed by atoms with van der Waals surface area (Å²) in [7, 11) is 1.39. The van der Waals surface area contributed by atoms with E-state index in [1.54, 1.807) is 17.4 Å². The Morgan fingerprint density at radius 2 is 2.44 bits per heavy atom. The molecule has 0 unspecified atom stereocenters. The SMILES string of the molecule is COC(=O)CC=Cc1ccc2ncsc2c1. The van der Waals surface area contributed by atoms with E-state index in [9.17, 15) is 4.79 Å². The number of aromatic nitrogens is 1. The van der Waals surface area contributed by atoms with E-state index in [-0.39, 0.29) is 5.97 Å². The van der Waals surface area contributed by atoms with Crippen molar-refractivity contribution >= 4 is 33.6 Å². The molecular weight excluding hydrogens is 222 g/mol. The number of methoxy groups -OCH3 is 1. The molecule has 1 aromatic carbocycles. The number of ether oxygens (including phenoxy) is 1. The lowest BCUT2D eigenvalue weighted by Gasteiger charge is -1.94. The number of carbonyl (C=O) groups is 1. The molecule has 82 valence electrons. The van der Waals surface area contributed by atoms with Crippen LogP contribution in [0.3, 0.4) is 0 Å². The van der Waals surface area contributed by atoms with E-state index in [0.717, 1.165) is 15.8 Å². The third-order valence-corrected chi connectivity index (χ3v) is 2.97. The largest absolute Gasteiger partial charge is 0.469 e. The highest BCUT2D eigenvalue weighted by molar-refractivity contribution is 7.16. The van der Waals surface area contributed by atoms with Crippen molar-refractivity contribution in [2.75, 3.05) is 7.11 Å². The minimum absolute atomic E-state index is 0.227. The van der Waals surface area contributed by atoms with Gasteiger partial charge in [0.25, 0.3) is 0 Å². The van der Waals surface area contributed by atoms with Crippen molar-refractivity contribution in [1.82, 2.24) is 4.98 Å². The highest BCUT2D eigenvalue weighted by atomic mass is 32.1. The van der Waals surface area contributed by atoms with Gasteiger partial charge in [-0.2, -0.15) is 0 Å². The first-order chi connectivity index (χ1) is 7.79. The number of carbonyl (C=O) groups excluding carboxylic acids is 1. The summed E-state index contributed by atoms with van der Waals surface area (Å²) in [5.74, 6) is -0.227. The molecular formula is C12H11NO2S. The Labute approximate surface area is 97.4 Å². The van der Waals surface area contributed by atoms with Gasteiger partial charge in [-0.25, -0.2) is 4.98 Å². The van der Waals surface area contributed by atoms with Crippen LogP contribution in [-0.2, 0) is 9.53 Å². The molecule has 0 amide bonds. The Morgan fingerprint density at radius 1 is 1.56 bits per heavy atom. The van der Waals surface area contributed by atoms with Crippen LogP contribution < -0.4 is 0 Å². The molecule has 0 aliphatic rings. The van der Waals surface area contributed by atoms with Crippen molar-refractivity contribution in [2.45, 2.75) is 6.42 Å². The van der Waals surface area contributed by atoms with Crippen LogP contribution in [0.15, 0.2) is 29.8 Å². The highest BCUT2D eigenvalue weighted by Crippen LogP contribution is 2.19. The van der Waals surface area contributed by atoms with Crippen LogP contribution in [0.4, 0.5) is 0 Å². The fourth-order valence-corrected chi connectivity index (χ4v) is 2.08. The van der Waals surface area contributed by atoms with E-state index in [2.05, 4.69) is 15.8 Å². The molecule has 0 bridgehead atoms. The normalized spacial score (nSPS) is 11.1. The maximum Gasteiger partial charge on any atom is 0.309 e. The first-order valence-corrected chi connectivity index (χ1v) is 5.74. The molecule has 3 nitrogen and oxygen atoms in total. The Morgan fingerprint density at radius 3 is 3.25 bits per heavy atom. The molecule has 16 heavy (non-hydrogen) atoms. The van der Waals surface area contributed by atoms with Crippen molar-refractivity contribution < 1.29 is 9.53 Å². The van der Waals surface area contributed by atoms with Gasteiger partial charge in [0.05, 0.1) is 29.3 Å². The lowest BCUT2D eigenvalue weighted by molar-refractivity contribution is -0.139. The maximum absolute atomic E-state index is 10.9. The van der Waals surface area contributed by atoms with E-state index in [1.165, 1.54) is 7.11 Å². The van der Waals surface area contributed by atoms with E-state index in [1.807, 2.05) is 23.7 Å². The minimum Gasteiger partial charge on any atom is -0.469 e. The summed E-state index contributed by atoms with van der Waals surface area (Å²) >= 11 is 1.61. The molecule has 1 aromatic heterocycles. The summed E-state index contributed by atoms with van der Waals surface area (Å²) < 4.78 is 5.70. The summed E-state index contributed by atoms with van der Waals surface area (Å²) in [4.78, 5) is 15.1. The van der Waals surface area contributed by atoms with Crippen LogP contribution >= 0.6 is 11.3 Å². The zero-order valence-electron chi connectivity index (χ0n) is 8.84. The summed E-state index contributed by atoms with van der Waals surface area (Å²) in [6.07, 6.45) is 4.02. The van der Waals surface area contributed by atoms with Crippen molar-refractivity contribution in [3.8, 4) is 0 Å². The smallest absolute Gasteiger partial charge is 0.309 e. The molecule has 0 saturated carbocycles. The second kappa shape index (κ2) is 4.90. The first-order valence-electron chi connectivity index (χ1n) is 4.86. The second-order valence-electron chi connectivity index (χ2n) is 3.26. The number of thiazole rings is 1. The minimum atomic E-state index is -0.227. The Bertz CT molecular complexity index is 531. The van der Waals surface area contributed by atoms with Crippen LogP contribution in [0.1, 0.15) is 12.0 Å². The van der Waals surface area contributed by atoms with E-state index in [4.69, 9.17) is 0 Å². The Hall–Kier alpha value is -1.68.